The monoisotopic (exact) mass is 454 g/mol. The minimum atomic E-state index is -3.62. The van der Waals surface area contributed by atoms with E-state index < -0.39 is 10.0 Å². The van der Waals surface area contributed by atoms with Gasteiger partial charge in [-0.3, -0.25) is 9.59 Å². The number of amides is 1. The van der Waals surface area contributed by atoms with Crippen LogP contribution in [0.2, 0.25) is 10.0 Å². The number of carbonyl (C=O) groups excluding carboxylic acids is 2. The van der Waals surface area contributed by atoms with Crippen LogP contribution < -0.4 is 0 Å². The fraction of sp³-hybridized carbons (Fsp3) is 0.300. The summed E-state index contributed by atoms with van der Waals surface area (Å²) in [4.78, 5) is 26.4. The number of sulfonamides is 1. The molecule has 1 fully saturated rings. The maximum atomic E-state index is 12.7. The van der Waals surface area contributed by atoms with Gasteiger partial charge < -0.3 is 4.90 Å². The van der Waals surface area contributed by atoms with Crippen molar-refractivity contribution in [1.82, 2.24) is 9.21 Å². The zero-order chi connectivity index (χ0) is 21.0. The molecule has 0 spiro atoms. The number of halogens is 2. The van der Waals surface area contributed by atoms with Crippen LogP contribution in [0.4, 0.5) is 0 Å². The third-order valence-corrected chi connectivity index (χ3v) is 7.19. The standard InChI is InChI=1S/C20H20Cl2N2O4S/c21-16-3-1-15(2-4-16)19(25)9-10-20(26)23-11-13-24(14-12-23)29(27,28)18-7-5-17(22)6-8-18/h1-8H,9-14H2. The van der Waals surface area contributed by atoms with Crippen molar-refractivity contribution in [2.24, 2.45) is 0 Å². The second kappa shape index (κ2) is 9.26. The summed E-state index contributed by atoms with van der Waals surface area (Å²) in [6, 6.07) is 12.5. The molecule has 0 atom stereocenters. The van der Waals surface area contributed by atoms with E-state index in [-0.39, 0.29) is 42.5 Å². The number of hydrogen-bond donors (Lipinski definition) is 0. The van der Waals surface area contributed by atoms with E-state index in [1.165, 1.54) is 28.6 Å². The first-order chi connectivity index (χ1) is 13.8. The largest absolute Gasteiger partial charge is 0.340 e. The van der Waals surface area contributed by atoms with E-state index >= 15 is 0 Å². The van der Waals surface area contributed by atoms with Crippen LogP contribution >= 0.6 is 23.2 Å². The molecule has 0 unspecified atom stereocenters. The van der Waals surface area contributed by atoms with E-state index in [9.17, 15) is 18.0 Å². The number of hydrogen-bond acceptors (Lipinski definition) is 4. The molecule has 2 aromatic carbocycles. The van der Waals surface area contributed by atoms with Crippen LogP contribution in [0.15, 0.2) is 53.4 Å². The third-order valence-electron chi connectivity index (χ3n) is 4.77. The summed E-state index contributed by atoms with van der Waals surface area (Å²) in [5.74, 6) is -0.283. The van der Waals surface area contributed by atoms with Gasteiger partial charge in [-0.2, -0.15) is 4.31 Å². The van der Waals surface area contributed by atoms with Crippen molar-refractivity contribution >= 4 is 44.9 Å². The third kappa shape index (κ3) is 5.36. The van der Waals surface area contributed by atoms with Gasteiger partial charge in [0.15, 0.2) is 5.78 Å². The molecular formula is C20H20Cl2N2O4S. The Morgan fingerprint density at radius 2 is 1.31 bits per heavy atom. The molecule has 0 aliphatic carbocycles. The predicted molar refractivity (Wildman–Crippen MR) is 112 cm³/mol. The second-order valence-electron chi connectivity index (χ2n) is 6.67. The number of benzene rings is 2. The van der Waals surface area contributed by atoms with Crippen LogP contribution in [-0.4, -0.2) is 55.5 Å². The van der Waals surface area contributed by atoms with E-state index in [4.69, 9.17) is 23.2 Å². The molecule has 0 saturated carbocycles. The molecular weight excluding hydrogens is 435 g/mol. The van der Waals surface area contributed by atoms with Gasteiger partial charge in [-0.1, -0.05) is 23.2 Å². The summed E-state index contributed by atoms with van der Waals surface area (Å²) in [6.07, 6.45) is 0.190. The second-order valence-corrected chi connectivity index (χ2v) is 9.48. The van der Waals surface area contributed by atoms with Gasteiger partial charge in [-0.25, -0.2) is 8.42 Å². The summed E-state index contributed by atoms with van der Waals surface area (Å²) >= 11 is 11.6. The van der Waals surface area contributed by atoms with Crippen molar-refractivity contribution in [3.05, 3.63) is 64.1 Å². The Balaban J connectivity index is 1.52. The lowest BCUT2D eigenvalue weighted by Crippen LogP contribution is -2.50. The maximum absolute atomic E-state index is 12.7. The van der Waals surface area contributed by atoms with Gasteiger partial charge in [0.05, 0.1) is 4.90 Å². The van der Waals surface area contributed by atoms with Gasteiger partial charge in [0, 0.05) is 54.6 Å². The molecule has 154 valence electrons. The van der Waals surface area contributed by atoms with Crippen LogP contribution in [-0.2, 0) is 14.8 Å². The Kier molecular flexibility index (Phi) is 6.95. The average molecular weight is 455 g/mol. The fourth-order valence-electron chi connectivity index (χ4n) is 3.09. The van der Waals surface area contributed by atoms with Crippen molar-refractivity contribution in [3.63, 3.8) is 0 Å². The number of nitrogens with zero attached hydrogens (tertiary/aromatic N) is 2. The molecule has 9 heteroatoms. The highest BCUT2D eigenvalue weighted by Gasteiger charge is 2.30. The van der Waals surface area contributed by atoms with Gasteiger partial charge >= 0.3 is 0 Å². The summed E-state index contributed by atoms with van der Waals surface area (Å²) in [7, 11) is -3.62. The molecule has 1 amide bonds. The number of ketones is 1. The highest BCUT2D eigenvalue weighted by molar-refractivity contribution is 7.89. The fourth-order valence-corrected chi connectivity index (χ4v) is 4.77. The molecule has 0 radical (unpaired) electrons. The van der Waals surface area contributed by atoms with E-state index in [0.717, 1.165) is 0 Å². The first kappa shape index (κ1) is 21.8. The van der Waals surface area contributed by atoms with Gasteiger partial charge in [0.25, 0.3) is 0 Å². The van der Waals surface area contributed by atoms with Crippen molar-refractivity contribution in [1.29, 1.82) is 0 Å². The van der Waals surface area contributed by atoms with Crippen LogP contribution in [0.1, 0.15) is 23.2 Å². The van der Waals surface area contributed by atoms with E-state index in [1.54, 1.807) is 29.2 Å². The minimum Gasteiger partial charge on any atom is -0.340 e. The normalized spacial score (nSPS) is 15.3. The predicted octanol–water partition coefficient (Wildman–Crippen LogP) is 3.49. The summed E-state index contributed by atoms with van der Waals surface area (Å²) in [5, 5.41) is 1.01. The molecule has 1 saturated heterocycles. The zero-order valence-corrected chi connectivity index (χ0v) is 17.9. The lowest BCUT2D eigenvalue weighted by Gasteiger charge is -2.34. The molecule has 3 rings (SSSR count). The van der Waals surface area contributed by atoms with Crippen molar-refractivity contribution in [2.75, 3.05) is 26.2 Å². The number of piperazine rings is 1. The van der Waals surface area contributed by atoms with Crippen molar-refractivity contribution < 1.29 is 18.0 Å². The highest BCUT2D eigenvalue weighted by atomic mass is 35.5. The van der Waals surface area contributed by atoms with Gasteiger partial charge in [-0.05, 0) is 48.5 Å². The summed E-state index contributed by atoms with van der Waals surface area (Å²) in [5.41, 5.74) is 0.515. The molecule has 6 nitrogen and oxygen atoms in total. The molecule has 1 heterocycles. The maximum Gasteiger partial charge on any atom is 0.243 e. The SMILES string of the molecule is O=C(CCC(=O)N1CCN(S(=O)(=O)c2ccc(Cl)cc2)CC1)c1ccc(Cl)cc1. The molecule has 29 heavy (non-hydrogen) atoms. The number of carbonyl (C=O) groups is 2. The van der Waals surface area contributed by atoms with Crippen LogP contribution in [0.3, 0.4) is 0 Å². The average Bonchev–Trinajstić information content (AvgIpc) is 2.72. The van der Waals surface area contributed by atoms with Gasteiger partial charge in [0.1, 0.15) is 0 Å². The number of rotatable bonds is 6. The van der Waals surface area contributed by atoms with Crippen LogP contribution in [0.5, 0.6) is 0 Å². The van der Waals surface area contributed by atoms with Gasteiger partial charge in [-0.15, -0.1) is 0 Å². The Bertz CT molecular complexity index is 984. The van der Waals surface area contributed by atoms with Crippen LogP contribution in [0, 0.1) is 0 Å². The summed E-state index contributed by atoms with van der Waals surface area (Å²) < 4.78 is 26.8. The van der Waals surface area contributed by atoms with E-state index in [1.807, 2.05) is 0 Å². The molecule has 0 bridgehead atoms. The van der Waals surface area contributed by atoms with Crippen molar-refractivity contribution in [3.8, 4) is 0 Å². The van der Waals surface area contributed by atoms with Crippen molar-refractivity contribution in [2.45, 2.75) is 17.7 Å². The Hall–Kier alpha value is -1.93. The Morgan fingerprint density at radius 3 is 1.86 bits per heavy atom. The summed E-state index contributed by atoms with van der Waals surface area (Å²) in [6.45, 7) is 1.01. The molecule has 1 aliphatic rings. The molecule has 0 N–H and O–H groups in total. The molecule has 0 aromatic heterocycles. The lowest BCUT2D eigenvalue weighted by atomic mass is 10.1. The quantitative estimate of drug-likeness (QED) is 0.625. The number of Topliss-reactive ketones (excluding diaryl/α,β-unsaturated/α-hetero) is 1. The first-order valence-corrected chi connectivity index (χ1v) is 11.3. The molecule has 2 aromatic rings. The lowest BCUT2D eigenvalue weighted by molar-refractivity contribution is -0.132. The minimum absolute atomic E-state index is 0.0887. The smallest absolute Gasteiger partial charge is 0.243 e. The highest BCUT2D eigenvalue weighted by Crippen LogP contribution is 2.20. The Labute approximate surface area is 180 Å². The molecule has 1 aliphatic heterocycles. The van der Waals surface area contributed by atoms with E-state index in [0.29, 0.717) is 28.7 Å². The zero-order valence-electron chi connectivity index (χ0n) is 15.6. The first-order valence-electron chi connectivity index (χ1n) is 9.09. The topological polar surface area (TPSA) is 74.8 Å². The van der Waals surface area contributed by atoms with Gasteiger partial charge in [0.2, 0.25) is 15.9 Å². The van der Waals surface area contributed by atoms with E-state index in [2.05, 4.69) is 0 Å². The van der Waals surface area contributed by atoms with Crippen LogP contribution in [0.25, 0.3) is 0 Å². The Morgan fingerprint density at radius 1 is 0.793 bits per heavy atom.